The zero-order chi connectivity index (χ0) is 21.1. The van der Waals surface area contributed by atoms with E-state index in [-0.39, 0.29) is 5.75 Å². The van der Waals surface area contributed by atoms with Gasteiger partial charge in [-0.3, -0.25) is 4.99 Å². The Hall–Kier alpha value is -3.58. The zero-order valence-electron chi connectivity index (χ0n) is 16.9. The van der Waals surface area contributed by atoms with E-state index in [0.717, 1.165) is 32.6 Å². The Morgan fingerprint density at radius 3 is 2.57 bits per heavy atom. The molecule has 152 valence electrons. The summed E-state index contributed by atoms with van der Waals surface area (Å²) < 4.78 is 12.3. The average Bonchev–Trinajstić information content (AvgIpc) is 3.20. The number of fused-ring (bicyclic) bond motifs is 1. The molecule has 0 radical (unpaired) electrons. The van der Waals surface area contributed by atoms with Gasteiger partial charge in [-0.1, -0.05) is 24.3 Å². The molecule has 0 aliphatic rings. The van der Waals surface area contributed by atoms with Crippen molar-refractivity contribution >= 4 is 28.3 Å². The molecule has 0 saturated heterocycles. The first-order chi connectivity index (χ1) is 14.6. The van der Waals surface area contributed by atoms with Gasteiger partial charge in [0.15, 0.2) is 11.5 Å². The van der Waals surface area contributed by atoms with Crippen molar-refractivity contribution < 1.29 is 14.6 Å². The van der Waals surface area contributed by atoms with Crippen LogP contribution in [0.25, 0.3) is 22.0 Å². The van der Waals surface area contributed by atoms with Gasteiger partial charge in [0, 0.05) is 23.6 Å². The molecule has 1 heterocycles. The number of methoxy groups -OCH3 is 2. The van der Waals surface area contributed by atoms with E-state index in [0.29, 0.717) is 11.3 Å². The zero-order valence-corrected chi connectivity index (χ0v) is 17.7. The lowest BCUT2D eigenvalue weighted by atomic mass is 10.1. The number of phenolic OH excluding ortho intramolecular Hbond substituents is 1. The number of rotatable bonds is 5. The molecule has 6 nitrogen and oxygen atoms in total. The Morgan fingerprint density at radius 1 is 1.00 bits per heavy atom. The highest BCUT2D eigenvalue weighted by Gasteiger charge is 2.10. The summed E-state index contributed by atoms with van der Waals surface area (Å²) in [4.78, 5) is 5.08. The Kier molecular flexibility index (Phi) is 5.54. The van der Waals surface area contributed by atoms with Crippen LogP contribution in [-0.4, -0.2) is 37.3 Å². The van der Waals surface area contributed by atoms with Gasteiger partial charge in [-0.2, -0.15) is 5.10 Å². The van der Waals surface area contributed by atoms with Gasteiger partial charge in [-0.25, -0.2) is 4.68 Å². The molecule has 0 saturated carbocycles. The summed E-state index contributed by atoms with van der Waals surface area (Å²) in [6.45, 7) is 0. The molecular formula is C23H21N3O3S. The van der Waals surface area contributed by atoms with Gasteiger partial charge >= 0.3 is 0 Å². The Bertz CT molecular complexity index is 1300. The fourth-order valence-corrected chi connectivity index (χ4v) is 4.00. The van der Waals surface area contributed by atoms with E-state index in [1.54, 1.807) is 37.2 Å². The van der Waals surface area contributed by atoms with E-state index >= 15 is 0 Å². The molecule has 0 aliphatic heterocycles. The second-order valence-electron chi connectivity index (χ2n) is 6.51. The monoisotopic (exact) mass is 419 g/mol. The molecule has 0 bridgehead atoms. The maximum absolute atomic E-state index is 10.3. The van der Waals surface area contributed by atoms with E-state index in [1.165, 1.54) is 18.4 Å². The summed E-state index contributed by atoms with van der Waals surface area (Å²) in [5.74, 6) is 1.28. The van der Waals surface area contributed by atoms with Crippen LogP contribution in [0, 0.1) is 0 Å². The quantitative estimate of drug-likeness (QED) is 0.484. The Balaban J connectivity index is 1.78. The van der Waals surface area contributed by atoms with Crippen molar-refractivity contribution in [2.24, 2.45) is 10.1 Å². The van der Waals surface area contributed by atoms with Crippen molar-refractivity contribution in [1.29, 1.82) is 0 Å². The van der Waals surface area contributed by atoms with Gasteiger partial charge in [0.25, 0.3) is 0 Å². The Morgan fingerprint density at radius 2 is 1.80 bits per heavy atom. The molecule has 3 aromatic carbocycles. The van der Waals surface area contributed by atoms with E-state index in [1.807, 2.05) is 29.6 Å². The van der Waals surface area contributed by atoms with Crippen molar-refractivity contribution in [2.75, 3.05) is 21.3 Å². The molecule has 4 rings (SSSR count). The molecule has 0 atom stereocenters. The van der Waals surface area contributed by atoms with Crippen molar-refractivity contribution in [3.8, 4) is 28.5 Å². The standard InChI is InChI=1S/C23H21N3O3S/c1-24-23-26(25-13-18-5-4-6-21(29-3)22(18)27)20(14-30-23)17-8-7-16-12-19(28-2)10-9-15(16)11-17/h4-14,27H,1-3H3. The van der Waals surface area contributed by atoms with Gasteiger partial charge < -0.3 is 14.6 Å². The maximum atomic E-state index is 10.3. The van der Waals surface area contributed by atoms with Crippen molar-refractivity contribution in [2.45, 2.75) is 0 Å². The second kappa shape index (κ2) is 8.42. The lowest BCUT2D eigenvalue weighted by Gasteiger charge is -2.08. The number of aromatic hydroxyl groups is 1. The van der Waals surface area contributed by atoms with Crippen LogP contribution in [-0.2, 0) is 0 Å². The summed E-state index contributed by atoms with van der Waals surface area (Å²) in [6.07, 6.45) is 1.61. The molecule has 0 amide bonds. The van der Waals surface area contributed by atoms with E-state index < -0.39 is 0 Å². The van der Waals surface area contributed by atoms with Crippen LogP contribution in [0.4, 0.5) is 0 Å². The number of aromatic nitrogens is 1. The minimum atomic E-state index is 0.0516. The topological polar surface area (TPSA) is 68.3 Å². The average molecular weight is 420 g/mol. The van der Waals surface area contributed by atoms with Gasteiger partial charge in [0.05, 0.1) is 26.1 Å². The molecule has 4 aromatic rings. The number of para-hydroxylation sites is 1. The van der Waals surface area contributed by atoms with Crippen LogP contribution in [0.1, 0.15) is 5.56 Å². The van der Waals surface area contributed by atoms with Crippen molar-refractivity contribution in [3.05, 3.63) is 70.3 Å². The first-order valence-corrected chi connectivity index (χ1v) is 10.1. The Labute approximate surface area is 178 Å². The summed E-state index contributed by atoms with van der Waals surface area (Å²) in [5.41, 5.74) is 2.49. The van der Waals surface area contributed by atoms with Crippen LogP contribution in [0.15, 0.2) is 70.1 Å². The molecule has 0 unspecified atom stereocenters. The number of hydrogen-bond donors (Lipinski definition) is 1. The molecule has 0 spiro atoms. The van der Waals surface area contributed by atoms with Gasteiger partial charge in [-0.05, 0) is 41.1 Å². The van der Waals surface area contributed by atoms with Crippen LogP contribution in [0.5, 0.6) is 17.2 Å². The van der Waals surface area contributed by atoms with Gasteiger partial charge in [0.2, 0.25) is 4.80 Å². The number of phenols is 1. The van der Waals surface area contributed by atoms with E-state index in [4.69, 9.17) is 9.47 Å². The van der Waals surface area contributed by atoms with Crippen LogP contribution >= 0.6 is 11.3 Å². The molecule has 7 heteroatoms. The first-order valence-electron chi connectivity index (χ1n) is 9.26. The van der Waals surface area contributed by atoms with Gasteiger partial charge in [0.1, 0.15) is 5.75 Å². The number of ether oxygens (including phenoxy) is 2. The van der Waals surface area contributed by atoms with E-state index in [2.05, 4.69) is 28.3 Å². The largest absolute Gasteiger partial charge is 0.504 e. The van der Waals surface area contributed by atoms with Crippen LogP contribution in [0.3, 0.4) is 0 Å². The molecule has 0 aliphatic carbocycles. The minimum Gasteiger partial charge on any atom is -0.504 e. The summed E-state index contributed by atoms with van der Waals surface area (Å²) in [5, 5.41) is 19.2. The fourth-order valence-electron chi connectivity index (χ4n) is 3.20. The maximum Gasteiger partial charge on any atom is 0.205 e. The number of nitrogens with zero attached hydrogens (tertiary/aromatic N) is 3. The highest BCUT2D eigenvalue weighted by atomic mass is 32.1. The summed E-state index contributed by atoms with van der Waals surface area (Å²) >= 11 is 1.50. The van der Waals surface area contributed by atoms with Gasteiger partial charge in [-0.15, -0.1) is 11.3 Å². The van der Waals surface area contributed by atoms with Crippen LogP contribution in [0.2, 0.25) is 0 Å². The smallest absolute Gasteiger partial charge is 0.205 e. The normalized spacial score (nSPS) is 12.0. The molecule has 1 aromatic heterocycles. The summed E-state index contributed by atoms with van der Waals surface area (Å²) in [7, 11) is 4.92. The summed E-state index contributed by atoms with van der Waals surface area (Å²) in [6, 6.07) is 17.5. The van der Waals surface area contributed by atoms with Crippen molar-refractivity contribution in [1.82, 2.24) is 4.68 Å². The third-order valence-corrected chi connectivity index (χ3v) is 5.69. The lowest BCUT2D eigenvalue weighted by Crippen LogP contribution is -2.11. The second-order valence-corrected chi connectivity index (χ2v) is 7.35. The molecule has 1 N–H and O–H groups in total. The molecular weight excluding hydrogens is 398 g/mol. The SMILES string of the molecule is CN=c1scc(-c2ccc3cc(OC)ccc3c2)n1N=Cc1cccc(OC)c1O. The van der Waals surface area contributed by atoms with Crippen molar-refractivity contribution in [3.63, 3.8) is 0 Å². The number of hydrogen-bond acceptors (Lipinski definition) is 6. The third kappa shape index (κ3) is 3.67. The number of benzene rings is 3. The van der Waals surface area contributed by atoms with E-state index in [9.17, 15) is 5.11 Å². The molecule has 30 heavy (non-hydrogen) atoms. The molecule has 0 fully saturated rings. The highest BCUT2D eigenvalue weighted by molar-refractivity contribution is 7.07. The lowest BCUT2D eigenvalue weighted by molar-refractivity contribution is 0.373. The predicted molar refractivity (Wildman–Crippen MR) is 121 cm³/mol. The minimum absolute atomic E-state index is 0.0516. The third-order valence-electron chi connectivity index (χ3n) is 4.78. The number of thiazole rings is 1. The fraction of sp³-hybridized carbons (Fsp3) is 0.130. The highest BCUT2D eigenvalue weighted by Crippen LogP contribution is 2.29. The van der Waals surface area contributed by atoms with Crippen LogP contribution < -0.4 is 14.3 Å². The first kappa shape index (κ1) is 19.7. The predicted octanol–water partition coefficient (Wildman–Crippen LogP) is 4.51.